The highest BCUT2D eigenvalue weighted by Crippen LogP contribution is 2.29. The van der Waals surface area contributed by atoms with Gasteiger partial charge < -0.3 is 4.57 Å². The number of anilines is 1. The molecule has 1 aliphatic rings. The van der Waals surface area contributed by atoms with E-state index in [-0.39, 0.29) is 10.7 Å². The number of thiocarbonyl (C=S) groups is 1. The fourth-order valence-electron chi connectivity index (χ4n) is 4.34. The predicted molar refractivity (Wildman–Crippen MR) is 137 cm³/mol. The van der Waals surface area contributed by atoms with Gasteiger partial charge in [0.15, 0.2) is 5.11 Å². The number of aromatic nitrogens is 1. The Kier molecular flexibility index (Phi) is 6.04. The van der Waals surface area contributed by atoms with Crippen LogP contribution in [-0.4, -0.2) is 21.5 Å². The SMILES string of the molecule is CCc1cccc(C)c1-n1c(C)cc(/C=C2\C(=O)NC(=S)N(c3ccc(C)cc3)C2=O)c1C. The highest BCUT2D eigenvalue weighted by Gasteiger charge is 2.34. The number of carbonyl (C=O) groups is 2. The summed E-state index contributed by atoms with van der Waals surface area (Å²) in [6.45, 7) is 10.3. The lowest BCUT2D eigenvalue weighted by Gasteiger charge is -2.29. The molecule has 1 aromatic heterocycles. The second kappa shape index (κ2) is 8.79. The topological polar surface area (TPSA) is 54.3 Å². The molecule has 0 aliphatic carbocycles. The van der Waals surface area contributed by atoms with Crippen molar-refractivity contribution < 1.29 is 9.59 Å². The van der Waals surface area contributed by atoms with E-state index in [1.807, 2.05) is 51.1 Å². The first-order chi connectivity index (χ1) is 15.7. The Morgan fingerprint density at radius 1 is 1.00 bits per heavy atom. The maximum Gasteiger partial charge on any atom is 0.270 e. The zero-order chi connectivity index (χ0) is 23.9. The third-order valence-corrected chi connectivity index (χ3v) is 6.37. The molecule has 0 radical (unpaired) electrons. The first-order valence-electron chi connectivity index (χ1n) is 11.0. The number of para-hydroxylation sites is 1. The smallest absolute Gasteiger partial charge is 0.270 e. The normalized spacial score (nSPS) is 15.4. The van der Waals surface area contributed by atoms with Crippen LogP contribution >= 0.6 is 12.2 Å². The number of amides is 2. The van der Waals surface area contributed by atoms with Crippen LogP contribution in [0.4, 0.5) is 5.69 Å². The number of carbonyl (C=O) groups excluding carboxylic acids is 2. The van der Waals surface area contributed by atoms with Crippen molar-refractivity contribution in [2.24, 2.45) is 0 Å². The van der Waals surface area contributed by atoms with E-state index in [1.54, 1.807) is 6.08 Å². The van der Waals surface area contributed by atoms with Crippen molar-refractivity contribution in [3.63, 3.8) is 0 Å². The number of rotatable bonds is 4. The summed E-state index contributed by atoms with van der Waals surface area (Å²) in [5.74, 6) is -0.911. The van der Waals surface area contributed by atoms with Gasteiger partial charge >= 0.3 is 0 Å². The highest BCUT2D eigenvalue weighted by atomic mass is 32.1. The van der Waals surface area contributed by atoms with Crippen molar-refractivity contribution in [3.8, 4) is 5.69 Å². The van der Waals surface area contributed by atoms with E-state index < -0.39 is 11.8 Å². The van der Waals surface area contributed by atoms with E-state index in [1.165, 1.54) is 16.0 Å². The average molecular weight is 458 g/mol. The molecule has 0 bridgehead atoms. The van der Waals surface area contributed by atoms with Crippen LogP contribution < -0.4 is 10.2 Å². The molecule has 1 saturated heterocycles. The average Bonchev–Trinajstić information content (AvgIpc) is 3.05. The number of hydrogen-bond acceptors (Lipinski definition) is 3. The van der Waals surface area contributed by atoms with Gasteiger partial charge in [-0.3, -0.25) is 19.8 Å². The van der Waals surface area contributed by atoms with Crippen LogP contribution in [0, 0.1) is 27.7 Å². The van der Waals surface area contributed by atoms with Gasteiger partial charge in [-0.25, -0.2) is 0 Å². The summed E-state index contributed by atoms with van der Waals surface area (Å²) >= 11 is 5.31. The van der Waals surface area contributed by atoms with E-state index in [2.05, 4.69) is 41.9 Å². The van der Waals surface area contributed by atoms with Crippen molar-refractivity contribution in [1.82, 2.24) is 9.88 Å². The van der Waals surface area contributed by atoms with E-state index in [0.717, 1.165) is 34.6 Å². The minimum Gasteiger partial charge on any atom is -0.317 e. The molecule has 168 valence electrons. The first-order valence-corrected chi connectivity index (χ1v) is 11.4. The summed E-state index contributed by atoms with van der Waals surface area (Å²) in [7, 11) is 0. The Morgan fingerprint density at radius 3 is 2.36 bits per heavy atom. The third-order valence-electron chi connectivity index (χ3n) is 6.09. The summed E-state index contributed by atoms with van der Waals surface area (Å²) in [6, 6.07) is 15.8. The number of aryl methyl sites for hydroxylation is 4. The zero-order valence-electron chi connectivity index (χ0n) is 19.5. The lowest BCUT2D eigenvalue weighted by atomic mass is 10.0. The monoisotopic (exact) mass is 457 g/mol. The standard InChI is InChI=1S/C27H27N3O2S/c1-6-20-9-7-8-17(3)24(20)29-18(4)14-21(19(29)5)15-23-25(31)28-27(33)30(26(23)32)22-12-10-16(2)11-13-22/h7-15H,6H2,1-5H3,(H,28,31,33)/b23-15+. The van der Waals surface area contributed by atoms with Gasteiger partial charge in [-0.2, -0.15) is 0 Å². The molecular weight excluding hydrogens is 430 g/mol. The molecule has 1 N–H and O–H groups in total. The van der Waals surface area contributed by atoms with Gasteiger partial charge in [-0.15, -0.1) is 0 Å². The molecule has 0 unspecified atom stereocenters. The molecule has 1 fully saturated rings. The fraction of sp³-hybridized carbons (Fsp3) is 0.222. The minimum absolute atomic E-state index is 0.0601. The van der Waals surface area contributed by atoms with E-state index in [0.29, 0.717) is 5.69 Å². The van der Waals surface area contributed by atoms with Crippen molar-refractivity contribution in [2.45, 2.75) is 41.0 Å². The Labute approximate surface area is 199 Å². The number of nitrogens with zero attached hydrogens (tertiary/aromatic N) is 2. The molecule has 2 aromatic carbocycles. The van der Waals surface area contributed by atoms with Crippen molar-refractivity contribution >= 4 is 40.9 Å². The summed E-state index contributed by atoms with van der Waals surface area (Å²) in [5.41, 5.74) is 8.18. The molecule has 1 aliphatic heterocycles. The molecule has 0 spiro atoms. The molecule has 33 heavy (non-hydrogen) atoms. The summed E-state index contributed by atoms with van der Waals surface area (Å²) in [6.07, 6.45) is 2.58. The molecule has 5 nitrogen and oxygen atoms in total. The van der Waals surface area contributed by atoms with Crippen LogP contribution in [-0.2, 0) is 16.0 Å². The summed E-state index contributed by atoms with van der Waals surface area (Å²) in [4.78, 5) is 27.5. The molecule has 2 heterocycles. The molecule has 0 saturated carbocycles. The van der Waals surface area contributed by atoms with Crippen LogP contribution in [0.2, 0.25) is 0 Å². The largest absolute Gasteiger partial charge is 0.317 e. The second-order valence-electron chi connectivity index (χ2n) is 8.39. The Balaban J connectivity index is 1.80. The van der Waals surface area contributed by atoms with E-state index >= 15 is 0 Å². The number of benzene rings is 2. The third kappa shape index (κ3) is 4.02. The fourth-order valence-corrected chi connectivity index (χ4v) is 4.63. The predicted octanol–water partition coefficient (Wildman–Crippen LogP) is 5.10. The van der Waals surface area contributed by atoms with Gasteiger partial charge in [0, 0.05) is 11.4 Å². The highest BCUT2D eigenvalue weighted by molar-refractivity contribution is 7.80. The van der Waals surface area contributed by atoms with Gasteiger partial charge in [-0.1, -0.05) is 42.8 Å². The molecule has 3 aromatic rings. The second-order valence-corrected chi connectivity index (χ2v) is 8.78. The molecule has 6 heteroatoms. The molecule has 4 rings (SSSR count). The number of nitrogens with one attached hydrogen (secondary N) is 1. The molecular formula is C27H27N3O2S. The summed E-state index contributed by atoms with van der Waals surface area (Å²) < 4.78 is 2.20. The maximum atomic E-state index is 13.4. The van der Waals surface area contributed by atoms with Crippen LogP contribution in [0.15, 0.2) is 54.1 Å². The Morgan fingerprint density at radius 2 is 1.70 bits per heavy atom. The lowest BCUT2D eigenvalue weighted by molar-refractivity contribution is -0.122. The van der Waals surface area contributed by atoms with Gasteiger partial charge in [-0.05, 0) is 87.3 Å². The van der Waals surface area contributed by atoms with E-state index in [4.69, 9.17) is 12.2 Å². The van der Waals surface area contributed by atoms with Gasteiger partial charge in [0.1, 0.15) is 5.57 Å². The lowest BCUT2D eigenvalue weighted by Crippen LogP contribution is -2.54. The van der Waals surface area contributed by atoms with Crippen molar-refractivity contribution in [3.05, 3.63) is 87.7 Å². The van der Waals surface area contributed by atoms with Crippen LogP contribution in [0.25, 0.3) is 11.8 Å². The van der Waals surface area contributed by atoms with Gasteiger partial charge in [0.25, 0.3) is 11.8 Å². The quantitative estimate of drug-likeness (QED) is 0.337. The maximum absolute atomic E-state index is 13.4. The Bertz CT molecular complexity index is 1320. The summed E-state index contributed by atoms with van der Waals surface area (Å²) in [5, 5.41) is 2.75. The van der Waals surface area contributed by atoms with Gasteiger partial charge in [0.2, 0.25) is 0 Å². The zero-order valence-corrected chi connectivity index (χ0v) is 20.3. The molecule has 0 atom stereocenters. The molecule has 2 amide bonds. The van der Waals surface area contributed by atoms with Crippen molar-refractivity contribution in [1.29, 1.82) is 0 Å². The minimum atomic E-state index is -0.483. The van der Waals surface area contributed by atoms with E-state index in [9.17, 15) is 9.59 Å². The van der Waals surface area contributed by atoms with Crippen LogP contribution in [0.1, 0.15) is 40.6 Å². The van der Waals surface area contributed by atoms with Crippen LogP contribution in [0.3, 0.4) is 0 Å². The van der Waals surface area contributed by atoms with Crippen LogP contribution in [0.5, 0.6) is 0 Å². The first kappa shape index (κ1) is 22.7. The van der Waals surface area contributed by atoms with Gasteiger partial charge in [0.05, 0.1) is 11.4 Å². The van der Waals surface area contributed by atoms with Crippen molar-refractivity contribution in [2.75, 3.05) is 4.90 Å². The number of hydrogen-bond donors (Lipinski definition) is 1. The Hall–Kier alpha value is -3.51.